The van der Waals surface area contributed by atoms with Crippen molar-refractivity contribution in [3.05, 3.63) is 28.8 Å². The molecule has 0 aliphatic rings. The monoisotopic (exact) mass is 308 g/mol. The van der Waals surface area contributed by atoms with Gasteiger partial charge in [0.2, 0.25) is 5.95 Å². The number of anilines is 1. The van der Waals surface area contributed by atoms with Gasteiger partial charge in [0.15, 0.2) is 0 Å². The topological polar surface area (TPSA) is 69.2 Å². The zero-order chi connectivity index (χ0) is 15.2. The number of hydrogen-bond donors (Lipinski definition) is 1. The molecule has 0 atom stereocenters. The van der Waals surface area contributed by atoms with E-state index in [-0.39, 0.29) is 12.0 Å². The fourth-order valence-corrected chi connectivity index (χ4v) is 1.84. The number of benzene rings is 1. The maximum atomic E-state index is 5.92. The molecule has 0 bridgehead atoms. The molecule has 1 aromatic heterocycles. The Bertz CT molecular complexity index is 622. The zero-order valence-corrected chi connectivity index (χ0v) is 12.9. The van der Waals surface area contributed by atoms with Crippen molar-refractivity contribution < 1.29 is 9.47 Å². The molecule has 7 heteroatoms. The van der Waals surface area contributed by atoms with E-state index in [4.69, 9.17) is 21.1 Å². The van der Waals surface area contributed by atoms with Crippen molar-refractivity contribution in [2.75, 3.05) is 19.0 Å². The van der Waals surface area contributed by atoms with Crippen LogP contribution in [0.4, 0.5) is 5.95 Å². The molecule has 0 unspecified atom stereocenters. The number of aryl methyl sites for hydroxylation is 1. The highest BCUT2D eigenvalue weighted by Gasteiger charge is 2.10. The Hall–Kier alpha value is -2.08. The first-order chi connectivity index (χ1) is 10.1. The van der Waals surface area contributed by atoms with Gasteiger partial charge in [-0.3, -0.25) is 0 Å². The summed E-state index contributed by atoms with van der Waals surface area (Å²) in [5.74, 6) is 1.06. The van der Waals surface area contributed by atoms with E-state index in [0.29, 0.717) is 16.7 Å². The summed E-state index contributed by atoms with van der Waals surface area (Å²) in [5.41, 5.74) is 0.893. The van der Waals surface area contributed by atoms with Gasteiger partial charge in [-0.15, -0.1) is 4.98 Å². The van der Waals surface area contributed by atoms with Gasteiger partial charge in [-0.25, -0.2) is 0 Å². The maximum Gasteiger partial charge on any atom is 0.330 e. The Morgan fingerprint density at radius 2 is 1.95 bits per heavy atom. The predicted octanol–water partition coefficient (Wildman–Crippen LogP) is 3.46. The summed E-state index contributed by atoms with van der Waals surface area (Å²) < 4.78 is 10.7. The number of methoxy groups -OCH3 is 1. The summed E-state index contributed by atoms with van der Waals surface area (Å²) in [6, 6.07) is 5.70. The Labute approximate surface area is 128 Å². The van der Waals surface area contributed by atoms with Crippen LogP contribution in [0.15, 0.2) is 18.2 Å². The van der Waals surface area contributed by atoms with Crippen molar-refractivity contribution >= 4 is 17.5 Å². The van der Waals surface area contributed by atoms with Gasteiger partial charge in [0.25, 0.3) is 0 Å². The van der Waals surface area contributed by atoms with Crippen LogP contribution >= 0.6 is 11.6 Å². The smallest absolute Gasteiger partial charge is 0.330 e. The summed E-state index contributed by atoms with van der Waals surface area (Å²) in [6.45, 7) is 4.71. The summed E-state index contributed by atoms with van der Waals surface area (Å²) in [7, 11) is 1.50. The number of halogens is 1. The molecule has 1 aromatic carbocycles. The second kappa shape index (κ2) is 7.08. The van der Waals surface area contributed by atoms with E-state index in [1.807, 2.05) is 13.0 Å². The quantitative estimate of drug-likeness (QED) is 0.881. The molecular formula is C14H17ClN4O2. The lowest BCUT2D eigenvalue weighted by Gasteiger charge is -2.10. The van der Waals surface area contributed by atoms with Crippen LogP contribution in [-0.4, -0.2) is 28.6 Å². The van der Waals surface area contributed by atoms with Crippen molar-refractivity contribution in [1.29, 1.82) is 0 Å². The fourth-order valence-electron chi connectivity index (χ4n) is 1.62. The van der Waals surface area contributed by atoms with Gasteiger partial charge in [-0.1, -0.05) is 18.5 Å². The van der Waals surface area contributed by atoms with Crippen molar-refractivity contribution in [2.24, 2.45) is 0 Å². The molecule has 0 amide bonds. The largest absolute Gasteiger partial charge is 0.467 e. The minimum absolute atomic E-state index is 0.172. The molecule has 0 spiro atoms. The predicted molar refractivity (Wildman–Crippen MR) is 81.4 cm³/mol. The van der Waals surface area contributed by atoms with E-state index in [0.717, 1.165) is 18.5 Å². The standard InChI is InChI=1S/C14H17ClN4O2/c1-4-7-16-12-17-13(20-3)19-14(18-12)21-11-6-5-10(15)8-9(11)2/h5-6,8H,4,7H2,1-3H3,(H,16,17,18,19). The van der Waals surface area contributed by atoms with Crippen LogP contribution in [0.3, 0.4) is 0 Å². The summed E-state index contributed by atoms with van der Waals surface area (Å²) in [5, 5.41) is 3.73. The van der Waals surface area contributed by atoms with Crippen LogP contribution in [0.1, 0.15) is 18.9 Å². The Morgan fingerprint density at radius 1 is 1.19 bits per heavy atom. The Morgan fingerprint density at radius 3 is 2.62 bits per heavy atom. The molecule has 2 rings (SSSR count). The van der Waals surface area contributed by atoms with Crippen molar-refractivity contribution in [3.63, 3.8) is 0 Å². The molecular weight excluding hydrogens is 292 g/mol. The number of rotatable bonds is 6. The van der Waals surface area contributed by atoms with Crippen LogP contribution in [0.2, 0.25) is 5.02 Å². The van der Waals surface area contributed by atoms with Crippen molar-refractivity contribution in [1.82, 2.24) is 15.0 Å². The average Bonchev–Trinajstić information content (AvgIpc) is 2.48. The van der Waals surface area contributed by atoms with Gasteiger partial charge in [-0.05, 0) is 37.1 Å². The molecule has 21 heavy (non-hydrogen) atoms. The number of hydrogen-bond acceptors (Lipinski definition) is 6. The number of aromatic nitrogens is 3. The van der Waals surface area contributed by atoms with Crippen LogP contribution in [0, 0.1) is 6.92 Å². The lowest BCUT2D eigenvalue weighted by atomic mass is 10.2. The van der Waals surface area contributed by atoms with E-state index >= 15 is 0 Å². The average molecular weight is 309 g/mol. The second-order valence-electron chi connectivity index (χ2n) is 4.37. The Balaban J connectivity index is 2.25. The molecule has 0 aliphatic heterocycles. The normalized spacial score (nSPS) is 10.3. The zero-order valence-electron chi connectivity index (χ0n) is 12.2. The molecule has 0 saturated carbocycles. The first-order valence-corrected chi connectivity index (χ1v) is 6.98. The number of nitrogens with one attached hydrogen (secondary N) is 1. The summed E-state index contributed by atoms with van der Waals surface area (Å²) >= 11 is 5.92. The minimum Gasteiger partial charge on any atom is -0.467 e. The van der Waals surface area contributed by atoms with Gasteiger partial charge in [0, 0.05) is 11.6 Å². The third-order valence-electron chi connectivity index (χ3n) is 2.65. The molecule has 0 aliphatic carbocycles. The van der Waals surface area contributed by atoms with E-state index in [1.165, 1.54) is 7.11 Å². The fraction of sp³-hybridized carbons (Fsp3) is 0.357. The molecule has 112 valence electrons. The molecule has 0 saturated heterocycles. The van der Waals surface area contributed by atoms with Gasteiger partial charge < -0.3 is 14.8 Å². The Kier molecular flexibility index (Phi) is 5.16. The van der Waals surface area contributed by atoms with Gasteiger partial charge in [0.05, 0.1) is 7.11 Å². The third kappa shape index (κ3) is 4.19. The van der Waals surface area contributed by atoms with Gasteiger partial charge >= 0.3 is 12.0 Å². The molecule has 2 aromatic rings. The van der Waals surface area contributed by atoms with Crippen LogP contribution < -0.4 is 14.8 Å². The highest BCUT2D eigenvalue weighted by Crippen LogP contribution is 2.26. The van der Waals surface area contributed by atoms with Crippen molar-refractivity contribution in [3.8, 4) is 17.8 Å². The SMILES string of the molecule is CCCNc1nc(OC)nc(Oc2ccc(Cl)cc2C)n1. The van der Waals surface area contributed by atoms with E-state index in [2.05, 4.69) is 27.2 Å². The van der Waals surface area contributed by atoms with E-state index in [9.17, 15) is 0 Å². The van der Waals surface area contributed by atoms with Gasteiger partial charge in [0.1, 0.15) is 5.75 Å². The lowest BCUT2D eigenvalue weighted by Crippen LogP contribution is -2.07. The molecule has 0 radical (unpaired) electrons. The van der Waals surface area contributed by atoms with Crippen LogP contribution in [0.25, 0.3) is 0 Å². The van der Waals surface area contributed by atoms with E-state index in [1.54, 1.807) is 12.1 Å². The highest BCUT2D eigenvalue weighted by molar-refractivity contribution is 6.30. The van der Waals surface area contributed by atoms with E-state index < -0.39 is 0 Å². The molecule has 6 nitrogen and oxygen atoms in total. The van der Waals surface area contributed by atoms with Crippen LogP contribution in [0.5, 0.6) is 17.8 Å². The molecule has 1 heterocycles. The molecule has 1 N–H and O–H groups in total. The maximum absolute atomic E-state index is 5.92. The number of ether oxygens (including phenoxy) is 2. The number of nitrogens with zero attached hydrogens (tertiary/aromatic N) is 3. The summed E-state index contributed by atoms with van der Waals surface area (Å²) in [4.78, 5) is 12.4. The second-order valence-corrected chi connectivity index (χ2v) is 4.80. The first-order valence-electron chi connectivity index (χ1n) is 6.60. The summed E-state index contributed by atoms with van der Waals surface area (Å²) in [6.07, 6.45) is 0.959. The molecule has 0 fully saturated rings. The minimum atomic E-state index is 0.172. The first kappa shape index (κ1) is 15.3. The van der Waals surface area contributed by atoms with Gasteiger partial charge in [-0.2, -0.15) is 9.97 Å². The van der Waals surface area contributed by atoms with Crippen molar-refractivity contribution in [2.45, 2.75) is 20.3 Å². The third-order valence-corrected chi connectivity index (χ3v) is 2.88. The highest BCUT2D eigenvalue weighted by atomic mass is 35.5. The van der Waals surface area contributed by atoms with Crippen LogP contribution in [-0.2, 0) is 0 Å². The lowest BCUT2D eigenvalue weighted by molar-refractivity contribution is 0.359.